The van der Waals surface area contributed by atoms with Crippen molar-refractivity contribution in [3.8, 4) is 0 Å². The number of nitrogens with two attached hydrogens (primary N) is 1. The van der Waals surface area contributed by atoms with E-state index in [4.69, 9.17) is 10.5 Å². The number of anilines is 1. The van der Waals surface area contributed by atoms with E-state index in [1.807, 2.05) is 74.5 Å². The molecule has 0 bridgehead atoms. The van der Waals surface area contributed by atoms with Gasteiger partial charge in [0.1, 0.15) is 17.7 Å². The van der Waals surface area contributed by atoms with Crippen LogP contribution in [0, 0.1) is 13.8 Å². The first-order valence-electron chi connectivity index (χ1n) is 16.2. The Balaban J connectivity index is 2.06. The van der Waals surface area contributed by atoms with Gasteiger partial charge in [0.25, 0.3) is 5.91 Å². The van der Waals surface area contributed by atoms with Gasteiger partial charge in [-0.05, 0) is 87.1 Å². The summed E-state index contributed by atoms with van der Waals surface area (Å²) in [6.45, 7) is 11.5. The SMILES string of the molecule is CCCCCCCN(C(=O)C(CCC(N)=O)NC(=O)OC(C)(C)C)C(C(=O)Nc1ccc2ccccc2c1)c1ccc(C)c(C)c1. The molecule has 2 atom stereocenters. The minimum atomic E-state index is -1.14. The molecule has 0 heterocycles. The molecule has 4 amide bonds. The standard InChI is InChI=1S/C37H50N4O5/c1-7-8-9-10-13-22-41(35(44)31(20-21-32(38)42)40-36(45)46-37(4,5)6)33(29-17-16-25(2)26(3)23-29)34(43)39-30-19-18-27-14-11-12-15-28(27)24-30/h11-12,14-19,23-24,31,33H,7-10,13,20-22H2,1-6H3,(H2,38,42)(H,39,43)(H,40,45). The second kappa shape index (κ2) is 16.8. The fraction of sp³-hybridized carbons (Fsp3) is 0.459. The van der Waals surface area contributed by atoms with Crippen LogP contribution in [-0.4, -0.2) is 46.9 Å². The number of alkyl carbamates (subject to hydrolysis) is 1. The van der Waals surface area contributed by atoms with E-state index in [0.717, 1.165) is 47.6 Å². The highest BCUT2D eigenvalue weighted by molar-refractivity contribution is 6.00. The molecule has 0 aliphatic heterocycles. The van der Waals surface area contributed by atoms with Crippen molar-refractivity contribution in [2.45, 2.75) is 104 Å². The normalized spacial score (nSPS) is 12.7. The molecule has 3 rings (SSSR count). The van der Waals surface area contributed by atoms with Crippen LogP contribution in [0.4, 0.5) is 10.5 Å². The van der Waals surface area contributed by atoms with Crippen molar-refractivity contribution in [1.29, 1.82) is 0 Å². The number of amides is 4. The molecule has 0 saturated carbocycles. The zero-order valence-electron chi connectivity index (χ0n) is 28.2. The minimum Gasteiger partial charge on any atom is -0.444 e. The molecule has 9 nitrogen and oxygen atoms in total. The number of hydrogen-bond donors (Lipinski definition) is 3. The predicted octanol–water partition coefficient (Wildman–Crippen LogP) is 7.09. The molecule has 3 aromatic carbocycles. The molecule has 0 spiro atoms. The molecule has 4 N–H and O–H groups in total. The number of rotatable bonds is 15. The van der Waals surface area contributed by atoms with E-state index in [1.165, 1.54) is 4.90 Å². The number of nitrogens with zero attached hydrogens (tertiary/aromatic N) is 1. The fourth-order valence-electron chi connectivity index (χ4n) is 5.33. The Morgan fingerprint density at radius 2 is 1.57 bits per heavy atom. The average molecular weight is 631 g/mol. The smallest absolute Gasteiger partial charge is 0.408 e. The molecule has 46 heavy (non-hydrogen) atoms. The lowest BCUT2D eigenvalue weighted by Crippen LogP contribution is -2.52. The Labute approximate surface area is 273 Å². The van der Waals surface area contributed by atoms with Crippen molar-refractivity contribution in [3.63, 3.8) is 0 Å². The van der Waals surface area contributed by atoms with Gasteiger partial charge in [-0.2, -0.15) is 0 Å². The van der Waals surface area contributed by atoms with Crippen molar-refractivity contribution in [1.82, 2.24) is 10.2 Å². The molecule has 0 aliphatic carbocycles. The number of benzene rings is 3. The Morgan fingerprint density at radius 3 is 2.22 bits per heavy atom. The largest absolute Gasteiger partial charge is 0.444 e. The summed E-state index contributed by atoms with van der Waals surface area (Å²) in [7, 11) is 0. The summed E-state index contributed by atoms with van der Waals surface area (Å²) in [5, 5.41) is 7.73. The number of carbonyl (C=O) groups is 4. The quantitative estimate of drug-likeness (QED) is 0.154. The van der Waals surface area contributed by atoms with Gasteiger partial charge in [0.15, 0.2) is 0 Å². The van der Waals surface area contributed by atoms with Gasteiger partial charge in [-0.25, -0.2) is 4.79 Å². The summed E-state index contributed by atoms with van der Waals surface area (Å²) in [5.41, 5.74) is 7.94. The maximum Gasteiger partial charge on any atom is 0.408 e. The van der Waals surface area contributed by atoms with E-state index in [2.05, 4.69) is 17.6 Å². The summed E-state index contributed by atoms with van der Waals surface area (Å²) in [4.78, 5) is 55.0. The number of nitrogens with one attached hydrogen (secondary N) is 2. The first kappa shape index (κ1) is 36.1. The van der Waals surface area contributed by atoms with Crippen molar-refractivity contribution in [2.75, 3.05) is 11.9 Å². The van der Waals surface area contributed by atoms with Crippen molar-refractivity contribution >= 4 is 40.3 Å². The third kappa shape index (κ3) is 10.9. The van der Waals surface area contributed by atoms with Crippen LogP contribution in [0.5, 0.6) is 0 Å². The maximum absolute atomic E-state index is 14.5. The number of carbonyl (C=O) groups excluding carboxylic acids is 4. The Kier molecular flexibility index (Phi) is 13.2. The lowest BCUT2D eigenvalue weighted by Gasteiger charge is -2.35. The van der Waals surface area contributed by atoms with Gasteiger partial charge < -0.3 is 26.0 Å². The molecule has 2 unspecified atom stereocenters. The van der Waals surface area contributed by atoms with Crippen molar-refractivity contribution in [2.24, 2.45) is 5.73 Å². The summed E-state index contributed by atoms with van der Waals surface area (Å²) in [6, 6.07) is 17.1. The third-order valence-corrected chi connectivity index (χ3v) is 7.88. The zero-order chi connectivity index (χ0) is 33.9. The number of fused-ring (bicyclic) bond motifs is 1. The maximum atomic E-state index is 14.5. The summed E-state index contributed by atoms with van der Waals surface area (Å²) >= 11 is 0. The lowest BCUT2D eigenvalue weighted by molar-refractivity contribution is -0.141. The predicted molar refractivity (Wildman–Crippen MR) is 183 cm³/mol. The van der Waals surface area contributed by atoms with Gasteiger partial charge in [-0.15, -0.1) is 0 Å². The molecule has 0 fully saturated rings. The molecule has 0 saturated heterocycles. The zero-order valence-corrected chi connectivity index (χ0v) is 28.2. The monoisotopic (exact) mass is 630 g/mol. The molecule has 0 aromatic heterocycles. The number of hydrogen-bond acceptors (Lipinski definition) is 5. The Morgan fingerprint density at radius 1 is 0.870 bits per heavy atom. The van der Waals surface area contributed by atoms with Crippen LogP contribution < -0.4 is 16.4 Å². The lowest BCUT2D eigenvalue weighted by atomic mass is 9.97. The van der Waals surface area contributed by atoms with Gasteiger partial charge in [-0.3, -0.25) is 14.4 Å². The van der Waals surface area contributed by atoms with E-state index in [9.17, 15) is 19.2 Å². The van der Waals surface area contributed by atoms with Crippen LogP contribution >= 0.6 is 0 Å². The van der Waals surface area contributed by atoms with E-state index in [-0.39, 0.29) is 25.3 Å². The van der Waals surface area contributed by atoms with E-state index in [1.54, 1.807) is 20.8 Å². The molecular formula is C37H50N4O5. The van der Waals surface area contributed by atoms with Crippen LogP contribution in [0.25, 0.3) is 10.8 Å². The molecule has 9 heteroatoms. The van der Waals surface area contributed by atoms with Gasteiger partial charge in [0.05, 0.1) is 0 Å². The topological polar surface area (TPSA) is 131 Å². The highest BCUT2D eigenvalue weighted by Crippen LogP contribution is 2.28. The third-order valence-electron chi connectivity index (χ3n) is 7.88. The first-order chi connectivity index (χ1) is 21.8. The Hall–Kier alpha value is -4.40. The highest BCUT2D eigenvalue weighted by atomic mass is 16.6. The van der Waals surface area contributed by atoms with Crippen LogP contribution in [0.3, 0.4) is 0 Å². The Bertz CT molecular complexity index is 1510. The summed E-state index contributed by atoms with van der Waals surface area (Å²) < 4.78 is 5.45. The summed E-state index contributed by atoms with van der Waals surface area (Å²) in [6.07, 6.45) is 3.70. The van der Waals surface area contributed by atoms with E-state index < -0.39 is 35.6 Å². The van der Waals surface area contributed by atoms with Crippen molar-refractivity contribution < 1.29 is 23.9 Å². The summed E-state index contributed by atoms with van der Waals surface area (Å²) in [5.74, 6) is -1.47. The second-order valence-corrected chi connectivity index (χ2v) is 12.9. The van der Waals surface area contributed by atoms with E-state index in [0.29, 0.717) is 17.7 Å². The van der Waals surface area contributed by atoms with Crippen LogP contribution in [0.2, 0.25) is 0 Å². The van der Waals surface area contributed by atoms with Gasteiger partial charge in [0, 0.05) is 18.7 Å². The van der Waals surface area contributed by atoms with Crippen LogP contribution in [0.15, 0.2) is 60.7 Å². The van der Waals surface area contributed by atoms with Crippen LogP contribution in [-0.2, 0) is 19.1 Å². The van der Waals surface area contributed by atoms with E-state index >= 15 is 0 Å². The van der Waals surface area contributed by atoms with Gasteiger partial charge in [0.2, 0.25) is 11.8 Å². The molecule has 0 aliphatic rings. The molecule has 3 aromatic rings. The molecule has 0 radical (unpaired) electrons. The number of aryl methyl sites for hydroxylation is 2. The number of ether oxygens (including phenoxy) is 1. The van der Waals surface area contributed by atoms with Crippen LogP contribution in [0.1, 0.15) is 95.4 Å². The minimum absolute atomic E-state index is 0.0360. The average Bonchev–Trinajstić information content (AvgIpc) is 2.98. The highest BCUT2D eigenvalue weighted by Gasteiger charge is 2.36. The second-order valence-electron chi connectivity index (χ2n) is 12.9. The fourth-order valence-corrected chi connectivity index (χ4v) is 5.33. The first-order valence-corrected chi connectivity index (χ1v) is 16.2. The van der Waals surface area contributed by atoms with Gasteiger partial charge in [-0.1, -0.05) is 81.1 Å². The molecule has 248 valence electrons. The number of primary amides is 1. The van der Waals surface area contributed by atoms with Gasteiger partial charge >= 0.3 is 6.09 Å². The van der Waals surface area contributed by atoms with Crippen molar-refractivity contribution in [3.05, 3.63) is 77.4 Å². The molecular weight excluding hydrogens is 580 g/mol. The number of unbranched alkanes of at least 4 members (excludes halogenated alkanes) is 4.